The second kappa shape index (κ2) is 8.03. The Morgan fingerprint density at radius 2 is 1.83 bits per heavy atom. The molecule has 150 valence electrons. The lowest BCUT2D eigenvalue weighted by Gasteiger charge is -2.03. The molecule has 2 aromatic heterocycles. The van der Waals surface area contributed by atoms with Crippen molar-refractivity contribution in [2.75, 3.05) is 6.54 Å². The van der Waals surface area contributed by atoms with Gasteiger partial charge in [0, 0.05) is 25.8 Å². The quantitative estimate of drug-likeness (QED) is 0.417. The number of amides is 1. The van der Waals surface area contributed by atoms with Crippen molar-refractivity contribution in [3.8, 4) is 0 Å². The van der Waals surface area contributed by atoms with E-state index in [0.29, 0.717) is 31.3 Å². The summed E-state index contributed by atoms with van der Waals surface area (Å²) in [5.41, 5.74) is 5.76. The maximum atomic E-state index is 13.2. The molecule has 1 amide bonds. The Labute approximate surface area is 168 Å². The molecule has 0 spiro atoms. The lowest BCUT2D eigenvalue weighted by molar-refractivity contribution is -0.121. The molecule has 0 aliphatic rings. The maximum Gasteiger partial charge on any atom is 0.220 e. The van der Waals surface area contributed by atoms with E-state index in [9.17, 15) is 9.18 Å². The van der Waals surface area contributed by atoms with Crippen molar-refractivity contribution in [1.29, 1.82) is 0 Å². The zero-order valence-electron chi connectivity index (χ0n) is 16.6. The number of aryl methyl sites for hydroxylation is 4. The highest BCUT2D eigenvalue weighted by Gasteiger charge is 2.09. The van der Waals surface area contributed by atoms with Gasteiger partial charge >= 0.3 is 0 Å². The second-order valence-electron chi connectivity index (χ2n) is 7.46. The largest absolute Gasteiger partial charge is 0.356 e. The number of carbonyl (C=O) groups is 1. The molecule has 4 rings (SSSR count). The van der Waals surface area contributed by atoms with Gasteiger partial charge in [-0.2, -0.15) is 0 Å². The van der Waals surface area contributed by atoms with E-state index in [1.807, 2.05) is 6.92 Å². The van der Waals surface area contributed by atoms with E-state index in [1.165, 1.54) is 17.7 Å². The number of imidazole rings is 2. The maximum absolute atomic E-state index is 13.2. The van der Waals surface area contributed by atoms with Crippen LogP contribution in [0.2, 0.25) is 0 Å². The number of hydrogen-bond acceptors (Lipinski definition) is 3. The summed E-state index contributed by atoms with van der Waals surface area (Å²) < 4.78 is 13.2. The minimum Gasteiger partial charge on any atom is -0.356 e. The highest BCUT2D eigenvalue weighted by molar-refractivity contribution is 5.80. The van der Waals surface area contributed by atoms with Gasteiger partial charge in [0.25, 0.3) is 0 Å². The van der Waals surface area contributed by atoms with E-state index in [0.717, 1.165) is 40.2 Å². The van der Waals surface area contributed by atoms with Crippen LogP contribution < -0.4 is 5.32 Å². The number of H-pyrrole nitrogens is 2. The van der Waals surface area contributed by atoms with Gasteiger partial charge in [-0.25, -0.2) is 14.4 Å². The van der Waals surface area contributed by atoms with Crippen LogP contribution in [0.25, 0.3) is 22.1 Å². The molecule has 3 N–H and O–H groups in total. The van der Waals surface area contributed by atoms with Crippen molar-refractivity contribution in [2.24, 2.45) is 0 Å². The molecule has 0 unspecified atom stereocenters. The highest BCUT2D eigenvalue weighted by atomic mass is 19.1. The van der Waals surface area contributed by atoms with Crippen LogP contribution in [0.1, 0.15) is 35.6 Å². The zero-order chi connectivity index (χ0) is 20.4. The first-order valence-corrected chi connectivity index (χ1v) is 9.84. The van der Waals surface area contributed by atoms with Crippen LogP contribution >= 0.6 is 0 Å². The van der Waals surface area contributed by atoms with Gasteiger partial charge in [0.1, 0.15) is 17.5 Å². The lowest BCUT2D eigenvalue weighted by atomic mass is 10.1. The van der Waals surface area contributed by atoms with Gasteiger partial charge in [-0.15, -0.1) is 0 Å². The summed E-state index contributed by atoms with van der Waals surface area (Å²) in [5.74, 6) is 1.35. The molecule has 0 aliphatic heterocycles. The molecular weight excluding hydrogens is 369 g/mol. The van der Waals surface area contributed by atoms with Crippen LogP contribution in [0.15, 0.2) is 30.3 Å². The van der Waals surface area contributed by atoms with Gasteiger partial charge in [0.2, 0.25) is 5.91 Å². The molecule has 0 radical (unpaired) electrons. The van der Waals surface area contributed by atoms with E-state index in [1.54, 1.807) is 6.07 Å². The number of halogens is 1. The molecule has 6 nitrogen and oxygen atoms in total. The Morgan fingerprint density at radius 3 is 2.69 bits per heavy atom. The third-order valence-corrected chi connectivity index (χ3v) is 4.96. The summed E-state index contributed by atoms with van der Waals surface area (Å²) in [5, 5.41) is 2.94. The molecule has 0 saturated heterocycles. The number of carbonyl (C=O) groups excluding carboxylic acids is 1. The van der Waals surface area contributed by atoms with Crippen molar-refractivity contribution in [3.63, 3.8) is 0 Å². The summed E-state index contributed by atoms with van der Waals surface area (Å²) >= 11 is 0. The van der Waals surface area contributed by atoms with Crippen LogP contribution in [0, 0.1) is 19.7 Å². The number of fused-ring (bicyclic) bond motifs is 2. The standard InChI is InChI=1S/C22H24FN5O/c1-13-10-14(2)22-18(11-13)27-20(28-22)7-8-21(29)24-9-3-4-19-25-16-6-5-15(23)12-17(16)26-19/h5-6,10-12H,3-4,7-9H2,1-2H3,(H,24,29)(H,25,26)(H,27,28). The number of hydrogen-bond donors (Lipinski definition) is 3. The number of benzene rings is 2. The summed E-state index contributed by atoms with van der Waals surface area (Å²) in [4.78, 5) is 27.6. The van der Waals surface area contributed by atoms with Gasteiger partial charge in [0.05, 0.1) is 22.1 Å². The normalized spacial score (nSPS) is 11.4. The summed E-state index contributed by atoms with van der Waals surface area (Å²) in [7, 11) is 0. The number of aromatic nitrogens is 4. The number of nitrogens with one attached hydrogen (secondary N) is 3. The molecule has 0 aliphatic carbocycles. The fraction of sp³-hybridized carbons (Fsp3) is 0.318. The second-order valence-corrected chi connectivity index (χ2v) is 7.46. The predicted octanol–water partition coefficient (Wildman–Crippen LogP) is 3.88. The summed E-state index contributed by atoms with van der Waals surface area (Å²) in [6.45, 7) is 4.68. The Hall–Kier alpha value is -3.22. The van der Waals surface area contributed by atoms with Gasteiger partial charge in [-0.1, -0.05) is 6.07 Å². The Bertz CT molecular complexity index is 1180. The van der Waals surface area contributed by atoms with Crippen molar-refractivity contribution in [3.05, 3.63) is 58.9 Å². The van der Waals surface area contributed by atoms with E-state index < -0.39 is 0 Å². The van der Waals surface area contributed by atoms with E-state index >= 15 is 0 Å². The van der Waals surface area contributed by atoms with Crippen molar-refractivity contribution < 1.29 is 9.18 Å². The summed E-state index contributed by atoms with van der Waals surface area (Å²) in [6, 6.07) is 8.68. The van der Waals surface area contributed by atoms with Crippen LogP contribution in [-0.4, -0.2) is 32.4 Å². The smallest absolute Gasteiger partial charge is 0.220 e. The first-order valence-electron chi connectivity index (χ1n) is 9.84. The Morgan fingerprint density at radius 1 is 1.03 bits per heavy atom. The van der Waals surface area contributed by atoms with Crippen molar-refractivity contribution in [2.45, 2.75) is 39.5 Å². The molecule has 7 heteroatoms. The van der Waals surface area contributed by atoms with Crippen LogP contribution in [0.5, 0.6) is 0 Å². The fourth-order valence-electron chi connectivity index (χ4n) is 3.60. The number of nitrogens with zero attached hydrogens (tertiary/aromatic N) is 2. The molecule has 0 saturated carbocycles. The minimum atomic E-state index is -0.283. The molecular formula is C22H24FN5O. The molecule has 0 fully saturated rings. The van der Waals surface area contributed by atoms with Crippen LogP contribution in [0.4, 0.5) is 4.39 Å². The molecule has 2 aromatic carbocycles. The molecule has 0 bridgehead atoms. The number of aromatic amines is 2. The topological polar surface area (TPSA) is 86.5 Å². The van der Waals surface area contributed by atoms with Crippen molar-refractivity contribution in [1.82, 2.24) is 25.3 Å². The van der Waals surface area contributed by atoms with Crippen LogP contribution in [0.3, 0.4) is 0 Å². The zero-order valence-corrected chi connectivity index (χ0v) is 16.6. The lowest BCUT2D eigenvalue weighted by Crippen LogP contribution is -2.25. The van der Waals surface area contributed by atoms with Gasteiger partial charge in [-0.05, 0) is 55.7 Å². The molecule has 0 atom stereocenters. The van der Waals surface area contributed by atoms with Gasteiger partial charge < -0.3 is 15.3 Å². The van der Waals surface area contributed by atoms with E-state index in [2.05, 4.69) is 44.3 Å². The third kappa shape index (κ3) is 4.45. The van der Waals surface area contributed by atoms with Gasteiger partial charge in [-0.3, -0.25) is 4.79 Å². The SMILES string of the molecule is Cc1cc(C)c2nc(CCC(=O)NCCCc3nc4ccc(F)cc4[nH]3)[nH]c2c1. The molecule has 29 heavy (non-hydrogen) atoms. The van der Waals surface area contributed by atoms with E-state index in [-0.39, 0.29) is 11.7 Å². The van der Waals surface area contributed by atoms with Gasteiger partial charge in [0.15, 0.2) is 0 Å². The Kier molecular flexibility index (Phi) is 5.29. The highest BCUT2D eigenvalue weighted by Crippen LogP contribution is 2.19. The first-order chi connectivity index (χ1) is 14.0. The average molecular weight is 393 g/mol. The number of rotatable bonds is 7. The van der Waals surface area contributed by atoms with E-state index in [4.69, 9.17) is 0 Å². The predicted molar refractivity (Wildman–Crippen MR) is 111 cm³/mol. The third-order valence-electron chi connectivity index (χ3n) is 4.96. The summed E-state index contributed by atoms with van der Waals surface area (Å²) in [6.07, 6.45) is 2.42. The minimum absolute atomic E-state index is 0.00466. The molecule has 4 aromatic rings. The molecule has 2 heterocycles. The average Bonchev–Trinajstić information content (AvgIpc) is 3.26. The fourth-order valence-corrected chi connectivity index (χ4v) is 3.60. The van der Waals surface area contributed by atoms with Crippen molar-refractivity contribution >= 4 is 28.0 Å². The monoisotopic (exact) mass is 393 g/mol. The Balaban J connectivity index is 1.23. The van der Waals surface area contributed by atoms with Crippen LogP contribution in [-0.2, 0) is 17.6 Å². The first kappa shape index (κ1) is 19.1.